The van der Waals surface area contributed by atoms with Gasteiger partial charge in [-0.2, -0.15) is 0 Å². The van der Waals surface area contributed by atoms with Gasteiger partial charge in [-0.05, 0) is 49.9 Å². The van der Waals surface area contributed by atoms with Crippen molar-refractivity contribution in [1.29, 1.82) is 0 Å². The Morgan fingerprint density at radius 1 is 1.40 bits per heavy atom. The largest absolute Gasteiger partial charge is 0.355 e. The van der Waals surface area contributed by atoms with Crippen LogP contribution in [0.4, 0.5) is 0 Å². The van der Waals surface area contributed by atoms with Crippen LogP contribution in [0.1, 0.15) is 30.0 Å². The summed E-state index contributed by atoms with van der Waals surface area (Å²) in [6.45, 7) is 2.61. The van der Waals surface area contributed by atoms with Gasteiger partial charge in [-0.1, -0.05) is 11.6 Å². The van der Waals surface area contributed by atoms with Gasteiger partial charge in [-0.3, -0.25) is 4.79 Å². The minimum absolute atomic E-state index is 0.288. The number of amides is 1. The lowest BCUT2D eigenvalue weighted by Gasteiger charge is -2.09. The number of nitrogens with zero attached hydrogens (tertiary/aromatic N) is 1. The molecule has 1 amide bonds. The van der Waals surface area contributed by atoms with Crippen LogP contribution >= 0.6 is 22.9 Å². The van der Waals surface area contributed by atoms with Gasteiger partial charge in [0.25, 0.3) is 0 Å². The second-order valence-electron chi connectivity index (χ2n) is 6.52. The topological polar surface area (TPSA) is 42.0 Å². The number of nitrogens with one attached hydrogen (secondary N) is 1. The zero-order chi connectivity index (χ0) is 13.9. The highest BCUT2D eigenvalue weighted by Gasteiger charge is 2.67. The zero-order valence-electron chi connectivity index (χ0n) is 11.6. The molecule has 1 aromatic rings. The van der Waals surface area contributed by atoms with Crippen LogP contribution in [0.2, 0.25) is 4.34 Å². The Labute approximate surface area is 128 Å². The number of carbonyl (C=O) groups is 1. The van der Waals surface area contributed by atoms with Crippen molar-refractivity contribution in [2.75, 3.05) is 6.54 Å². The van der Waals surface area contributed by atoms with Crippen LogP contribution in [0.15, 0.2) is 0 Å². The average molecular weight is 311 g/mol. The molecule has 2 bridgehead atoms. The van der Waals surface area contributed by atoms with E-state index in [1.54, 1.807) is 0 Å². The first-order chi connectivity index (χ1) is 9.65. The van der Waals surface area contributed by atoms with Crippen molar-refractivity contribution in [3.8, 4) is 0 Å². The highest BCUT2D eigenvalue weighted by atomic mass is 35.5. The molecule has 5 atom stereocenters. The van der Waals surface area contributed by atoms with Gasteiger partial charge in [0.1, 0.15) is 4.34 Å². The van der Waals surface area contributed by atoms with Crippen LogP contribution in [-0.4, -0.2) is 17.4 Å². The summed E-state index contributed by atoms with van der Waals surface area (Å²) < 4.78 is 0.764. The van der Waals surface area contributed by atoms with Gasteiger partial charge in [-0.25, -0.2) is 4.98 Å². The highest BCUT2D eigenvalue weighted by molar-refractivity contribution is 7.16. The average Bonchev–Trinajstić information content (AvgIpc) is 2.69. The molecule has 0 aliphatic heterocycles. The normalized spacial score (nSPS) is 37.0. The fraction of sp³-hybridized carbons (Fsp3) is 0.733. The smallest absolute Gasteiger partial charge is 0.223 e. The molecule has 5 heteroatoms. The number of carbonyl (C=O) groups excluding carboxylic acids is 1. The predicted octanol–water partition coefficient (Wildman–Crippen LogP) is 3.06. The predicted molar refractivity (Wildman–Crippen MR) is 79.9 cm³/mol. The third-order valence-electron chi connectivity index (χ3n) is 5.46. The van der Waals surface area contributed by atoms with Gasteiger partial charge in [-0.15, -0.1) is 11.3 Å². The number of fused-ring (bicyclic) bond motifs is 5. The van der Waals surface area contributed by atoms with Crippen LogP contribution in [-0.2, 0) is 11.2 Å². The number of halogens is 1. The summed E-state index contributed by atoms with van der Waals surface area (Å²) in [6, 6.07) is 0. The van der Waals surface area contributed by atoms with Crippen molar-refractivity contribution < 1.29 is 4.79 Å². The summed E-state index contributed by atoms with van der Waals surface area (Å²) in [6.07, 6.45) is 4.92. The monoisotopic (exact) mass is 310 g/mol. The second kappa shape index (κ2) is 4.70. The van der Waals surface area contributed by atoms with Crippen LogP contribution in [0.25, 0.3) is 0 Å². The lowest BCUT2D eigenvalue weighted by molar-refractivity contribution is -0.123. The van der Waals surface area contributed by atoms with Crippen LogP contribution in [0, 0.1) is 36.5 Å². The Morgan fingerprint density at radius 3 is 2.70 bits per heavy atom. The van der Waals surface area contributed by atoms with Gasteiger partial charge in [0.05, 0.1) is 10.7 Å². The molecule has 108 valence electrons. The lowest BCUT2D eigenvalue weighted by Crippen LogP contribution is -2.29. The van der Waals surface area contributed by atoms with Crippen LogP contribution in [0.3, 0.4) is 0 Å². The zero-order valence-corrected chi connectivity index (χ0v) is 13.1. The van der Waals surface area contributed by atoms with Gasteiger partial charge < -0.3 is 5.32 Å². The molecule has 3 aliphatic carbocycles. The summed E-state index contributed by atoms with van der Waals surface area (Å²) >= 11 is 7.52. The first-order valence-electron chi connectivity index (χ1n) is 7.54. The van der Waals surface area contributed by atoms with E-state index in [1.807, 2.05) is 6.92 Å². The number of rotatable bonds is 4. The number of aromatic nitrogens is 1. The summed E-state index contributed by atoms with van der Waals surface area (Å²) in [5.74, 6) is 3.80. The van der Waals surface area contributed by atoms with Crippen molar-refractivity contribution in [1.82, 2.24) is 10.3 Å². The van der Waals surface area contributed by atoms with E-state index in [1.165, 1.54) is 30.6 Å². The Morgan fingerprint density at radius 2 is 2.10 bits per heavy atom. The molecular weight excluding hydrogens is 292 g/mol. The minimum Gasteiger partial charge on any atom is -0.355 e. The van der Waals surface area contributed by atoms with Gasteiger partial charge in [0.2, 0.25) is 5.91 Å². The molecule has 0 saturated heterocycles. The van der Waals surface area contributed by atoms with Gasteiger partial charge in [0, 0.05) is 18.9 Å². The van der Waals surface area contributed by atoms with E-state index in [2.05, 4.69) is 10.3 Å². The number of thiazole rings is 1. The molecule has 1 unspecified atom stereocenters. The van der Waals surface area contributed by atoms with Crippen molar-refractivity contribution in [3.05, 3.63) is 15.0 Å². The summed E-state index contributed by atoms with van der Waals surface area (Å²) in [4.78, 5) is 16.6. The van der Waals surface area contributed by atoms with Crippen LogP contribution < -0.4 is 5.32 Å². The lowest BCUT2D eigenvalue weighted by atomic mass is 10.0. The highest BCUT2D eigenvalue weighted by Crippen LogP contribution is 2.69. The molecule has 3 fully saturated rings. The Hall–Kier alpha value is -0.610. The van der Waals surface area contributed by atoms with Crippen molar-refractivity contribution >= 4 is 28.8 Å². The van der Waals surface area contributed by atoms with E-state index in [4.69, 9.17) is 11.6 Å². The molecule has 20 heavy (non-hydrogen) atoms. The molecule has 1 N–H and O–H groups in total. The van der Waals surface area contributed by atoms with E-state index in [0.29, 0.717) is 12.5 Å². The molecular formula is C15H19ClN2OS. The molecule has 0 radical (unpaired) electrons. The Kier molecular flexibility index (Phi) is 3.08. The maximum absolute atomic E-state index is 12.2. The second-order valence-corrected chi connectivity index (χ2v) is 8.21. The van der Waals surface area contributed by atoms with Crippen LogP contribution in [0.5, 0.6) is 0 Å². The third kappa shape index (κ3) is 2.00. The maximum Gasteiger partial charge on any atom is 0.223 e. The van der Waals surface area contributed by atoms with E-state index < -0.39 is 0 Å². The number of hydrogen-bond acceptors (Lipinski definition) is 3. The molecule has 1 heterocycles. The van der Waals surface area contributed by atoms with E-state index in [0.717, 1.165) is 45.1 Å². The maximum atomic E-state index is 12.2. The standard InChI is InChI=1S/C15H19ClN2OS/c1-7-14(16)20-10(18-7)4-5-17-15(19)13-11-8-2-3-9(6-8)12(11)13/h8-9,11-13H,2-6H2,1H3,(H,17,19)/t8-,9+,11+,12-,13?. The minimum atomic E-state index is 0.288. The Balaban J connectivity index is 1.28. The molecule has 3 saturated carbocycles. The Bertz CT molecular complexity index is 523. The first-order valence-corrected chi connectivity index (χ1v) is 8.74. The first kappa shape index (κ1) is 13.1. The summed E-state index contributed by atoms with van der Waals surface area (Å²) in [7, 11) is 0. The fourth-order valence-electron chi connectivity index (χ4n) is 4.62. The van der Waals surface area contributed by atoms with E-state index in [9.17, 15) is 4.79 Å². The van der Waals surface area contributed by atoms with E-state index in [-0.39, 0.29) is 5.91 Å². The molecule has 1 aromatic heterocycles. The van der Waals surface area contributed by atoms with Crippen molar-refractivity contribution in [3.63, 3.8) is 0 Å². The fourth-order valence-corrected chi connectivity index (χ4v) is 5.72. The van der Waals surface area contributed by atoms with E-state index >= 15 is 0 Å². The molecule has 0 aromatic carbocycles. The van der Waals surface area contributed by atoms with Crippen molar-refractivity contribution in [2.45, 2.75) is 32.6 Å². The van der Waals surface area contributed by atoms with Gasteiger partial charge in [0.15, 0.2) is 0 Å². The summed E-state index contributed by atoms with van der Waals surface area (Å²) in [5, 5.41) is 4.12. The number of aryl methyl sites for hydroxylation is 1. The SMILES string of the molecule is Cc1nc(CCNC(=O)C2[C@@H]3[C@H]4CC[C@H](C4)[C@H]23)sc1Cl. The van der Waals surface area contributed by atoms with Crippen molar-refractivity contribution in [2.24, 2.45) is 29.6 Å². The number of hydrogen-bond donors (Lipinski definition) is 1. The molecule has 0 spiro atoms. The molecule has 3 nitrogen and oxygen atoms in total. The van der Waals surface area contributed by atoms with Gasteiger partial charge >= 0.3 is 0 Å². The summed E-state index contributed by atoms with van der Waals surface area (Å²) in [5.41, 5.74) is 0.895. The third-order valence-corrected chi connectivity index (χ3v) is 6.97. The molecule has 4 rings (SSSR count). The molecule has 3 aliphatic rings. The quantitative estimate of drug-likeness (QED) is 0.928.